The van der Waals surface area contributed by atoms with E-state index >= 15 is 0 Å². The molecule has 90 valence electrons. The Morgan fingerprint density at radius 3 is 2.31 bits per heavy atom. The van der Waals surface area contributed by atoms with Gasteiger partial charge >= 0.3 is 0 Å². The van der Waals surface area contributed by atoms with Crippen LogP contribution in [0.3, 0.4) is 0 Å². The molecular formula is C13H21NO2. The van der Waals surface area contributed by atoms with Gasteiger partial charge in [-0.05, 0) is 24.6 Å². The van der Waals surface area contributed by atoms with Crippen LogP contribution in [0.25, 0.3) is 0 Å². The Hall–Kier alpha value is -1.22. The molecule has 2 N–H and O–H groups in total. The molecule has 1 aromatic rings. The standard InChI is InChI=1S/C13H21NO2/c1-10(2)11(8-14)9-16-13-7-5-4-6-12(13)15-3/h4-7,10-11H,8-9,14H2,1-3H3. The molecule has 1 atom stereocenters. The van der Waals surface area contributed by atoms with Gasteiger partial charge in [0.2, 0.25) is 0 Å². The quantitative estimate of drug-likeness (QED) is 0.804. The van der Waals surface area contributed by atoms with Crippen LogP contribution in [0, 0.1) is 11.8 Å². The van der Waals surface area contributed by atoms with Crippen LogP contribution in [-0.2, 0) is 0 Å². The molecule has 1 aromatic carbocycles. The lowest BCUT2D eigenvalue weighted by molar-refractivity contribution is 0.207. The summed E-state index contributed by atoms with van der Waals surface area (Å²) in [7, 11) is 1.64. The smallest absolute Gasteiger partial charge is 0.161 e. The summed E-state index contributed by atoms with van der Waals surface area (Å²) in [5.74, 6) is 2.45. The monoisotopic (exact) mass is 223 g/mol. The van der Waals surface area contributed by atoms with E-state index in [1.165, 1.54) is 0 Å². The maximum absolute atomic E-state index is 5.74. The molecule has 0 saturated carbocycles. The van der Waals surface area contributed by atoms with Gasteiger partial charge in [-0.15, -0.1) is 0 Å². The van der Waals surface area contributed by atoms with Crippen molar-refractivity contribution < 1.29 is 9.47 Å². The van der Waals surface area contributed by atoms with Crippen LogP contribution < -0.4 is 15.2 Å². The second-order valence-electron chi connectivity index (χ2n) is 4.20. The normalized spacial score (nSPS) is 12.6. The molecule has 0 amide bonds. The van der Waals surface area contributed by atoms with Crippen LogP contribution in [0.4, 0.5) is 0 Å². The molecule has 0 aromatic heterocycles. The molecule has 16 heavy (non-hydrogen) atoms. The molecule has 1 unspecified atom stereocenters. The average Bonchev–Trinajstić information content (AvgIpc) is 2.30. The Bertz CT molecular complexity index is 313. The molecule has 1 rings (SSSR count). The highest BCUT2D eigenvalue weighted by atomic mass is 16.5. The van der Waals surface area contributed by atoms with E-state index in [0.29, 0.717) is 25.0 Å². The third-order valence-corrected chi connectivity index (χ3v) is 2.77. The Morgan fingerprint density at radius 2 is 1.81 bits per heavy atom. The van der Waals surface area contributed by atoms with Crippen LogP contribution in [0.15, 0.2) is 24.3 Å². The minimum absolute atomic E-state index is 0.380. The van der Waals surface area contributed by atoms with Crippen molar-refractivity contribution >= 4 is 0 Å². The van der Waals surface area contributed by atoms with Crippen molar-refractivity contribution in [1.29, 1.82) is 0 Å². The molecule has 0 fully saturated rings. The number of hydrogen-bond donors (Lipinski definition) is 1. The topological polar surface area (TPSA) is 44.5 Å². The van der Waals surface area contributed by atoms with Crippen LogP contribution in [-0.4, -0.2) is 20.3 Å². The summed E-state index contributed by atoms with van der Waals surface area (Å²) in [5, 5.41) is 0. The molecule has 0 aliphatic heterocycles. The average molecular weight is 223 g/mol. The first-order valence-electron chi connectivity index (χ1n) is 5.65. The number of rotatable bonds is 6. The fourth-order valence-corrected chi connectivity index (χ4v) is 1.47. The third-order valence-electron chi connectivity index (χ3n) is 2.77. The minimum Gasteiger partial charge on any atom is -0.493 e. The van der Waals surface area contributed by atoms with E-state index in [1.54, 1.807) is 7.11 Å². The van der Waals surface area contributed by atoms with E-state index in [2.05, 4.69) is 13.8 Å². The maximum atomic E-state index is 5.74. The Labute approximate surface area is 97.6 Å². The van der Waals surface area contributed by atoms with Crippen molar-refractivity contribution in [3.63, 3.8) is 0 Å². The first-order valence-corrected chi connectivity index (χ1v) is 5.65. The lowest BCUT2D eigenvalue weighted by atomic mass is 9.97. The van der Waals surface area contributed by atoms with Crippen molar-refractivity contribution in [2.24, 2.45) is 17.6 Å². The van der Waals surface area contributed by atoms with Crippen molar-refractivity contribution in [3.05, 3.63) is 24.3 Å². The van der Waals surface area contributed by atoms with Crippen molar-refractivity contribution in [2.75, 3.05) is 20.3 Å². The summed E-state index contributed by atoms with van der Waals surface area (Å²) in [5.41, 5.74) is 5.70. The molecule has 0 saturated heterocycles. The molecule has 0 spiro atoms. The van der Waals surface area contributed by atoms with E-state index in [-0.39, 0.29) is 0 Å². The summed E-state index contributed by atoms with van der Waals surface area (Å²) in [4.78, 5) is 0. The summed E-state index contributed by atoms with van der Waals surface area (Å²) in [6.07, 6.45) is 0. The fraction of sp³-hybridized carbons (Fsp3) is 0.538. The van der Waals surface area contributed by atoms with E-state index < -0.39 is 0 Å². The first kappa shape index (κ1) is 12.8. The van der Waals surface area contributed by atoms with E-state index in [0.717, 1.165) is 11.5 Å². The van der Waals surface area contributed by atoms with E-state index in [4.69, 9.17) is 15.2 Å². The van der Waals surface area contributed by atoms with Gasteiger partial charge in [0.1, 0.15) is 0 Å². The van der Waals surface area contributed by atoms with Crippen LogP contribution >= 0.6 is 0 Å². The largest absolute Gasteiger partial charge is 0.493 e. The second kappa shape index (κ2) is 6.38. The van der Waals surface area contributed by atoms with Gasteiger partial charge in [0.25, 0.3) is 0 Å². The summed E-state index contributed by atoms with van der Waals surface area (Å²) >= 11 is 0. The Balaban J connectivity index is 2.59. The third kappa shape index (κ3) is 3.42. The zero-order chi connectivity index (χ0) is 12.0. The first-order chi connectivity index (χ1) is 7.69. The molecule has 3 heteroatoms. The number of para-hydroxylation sites is 2. The van der Waals surface area contributed by atoms with Crippen LogP contribution in [0.1, 0.15) is 13.8 Å². The molecule has 0 aliphatic rings. The van der Waals surface area contributed by atoms with Crippen LogP contribution in [0.5, 0.6) is 11.5 Å². The van der Waals surface area contributed by atoms with E-state index in [9.17, 15) is 0 Å². The summed E-state index contributed by atoms with van der Waals surface area (Å²) in [6, 6.07) is 7.66. The number of benzene rings is 1. The predicted molar refractivity (Wildman–Crippen MR) is 65.9 cm³/mol. The zero-order valence-corrected chi connectivity index (χ0v) is 10.3. The molecular weight excluding hydrogens is 202 g/mol. The zero-order valence-electron chi connectivity index (χ0n) is 10.3. The number of hydrogen-bond acceptors (Lipinski definition) is 3. The Morgan fingerprint density at radius 1 is 1.19 bits per heavy atom. The number of ether oxygens (including phenoxy) is 2. The number of methoxy groups -OCH3 is 1. The van der Waals surface area contributed by atoms with Crippen molar-refractivity contribution in [3.8, 4) is 11.5 Å². The lowest BCUT2D eigenvalue weighted by Crippen LogP contribution is -2.26. The summed E-state index contributed by atoms with van der Waals surface area (Å²) < 4.78 is 11.0. The van der Waals surface area contributed by atoms with Gasteiger partial charge < -0.3 is 15.2 Å². The lowest BCUT2D eigenvalue weighted by Gasteiger charge is -2.20. The Kier molecular flexibility index (Phi) is 5.12. The fourth-order valence-electron chi connectivity index (χ4n) is 1.47. The molecule has 3 nitrogen and oxygen atoms in total. The van der Waals surface area contributed by atoms with Gasteiger partial charge in [0, 0.05) is 5.92 Å². The predicted octanol–water partition coefficient (Wildman–Crippen LogP) is 2.30. The van der Waals surface area contributed by atoms with Gasteiger partial charge in [0.05, 0.1) is 13.7 Å². The second-order valence-corrected chi connectivity index (χ2v) is 4.20. The van der Waals surface area contributed by atoms with Crippen molar-refractivity contribution in [1.82, 2.24) is 0 Å². The molecule has 0 radical (unpaired) electrons. The van der Waals surface area contributed by atoms with Crippen LogP contribution in [0.2, 0.25) is 0 Å². The van der Waals surface area contributed by atoms with Gasteiger partial charge in [-0.3, -0.25) is 0 Å². The highest BCUT2D eigenvalue weighted by Gasteiger charge is 2.13. The van der Waals surface area contributed by atoms with Gasteiger partial charge in [0.15, 0.2) is 11.5 Å². The molecule has 0 heterocycles. The molecule has 0 aliphatic carbocycles. The van der Waals surface area contributed by atoms with Gasteiger partial charge in [-0.25, -0.2) is 0 Å². The van der Waals surface area contributed by atoms with E-state index in [1.807, 2.05) is 24.3 Å². The molecule has 0 bridgehead atoms. The van der Waals surface area contributed by atoms with Gasteiger partial charge in [-0.1, -0.05) is 26.0 Å². The number of nitrogens with two attached hydrogens (primary N) is 1. The maximum Gasteiger partial charge on any atom is 0.161 e. The minimum atomic E-state index is 0.380. The highest BCUT2D eigenvalue weighted by molar-refractivity contribution is 5.39. The highest BCUT2D eigenvalue weighted by Crippen LogP contribution is 2.26. The van der Waals surface area contributed by atoms with Gasteiger partial charge in [-0.2, -0.15) is 0 Å². The van der Waals surface area contributed by atoms with Crippen molar-refractivity contribution in [2.45, 2.75) is 13.8 Å². The SMILES string of the molecule is COc1ccccc1OCC(CN)C(C)C. The summed E-state index contributed by atoms with van der Waals surface area (Å²) in [6.45, 7) is 5.59.